The molecule has 72 valence electrons. The summed E-state index contributed by atoms with van der Waals surface area (Å²) in [4.78, 5) is 0. The molecule has 0 saturated heterocycles. The highest BCUT2D eigenvalue weighted by Crippen LogP contribution is 2.20. The zero-order chi connectivity index (χ0) is 10.0. The van der Waals surface area contributed by atoms with Crippen LogP contribution in [0.1, 0.15) is 13.8 Å². The number of halogens is 2. The van der Waals surface area contributed by atoms with E-state index in [0.29, 0.717) is 0 Å². The lowest BCUT2D eigenvalue weighted by atomic mass is 9.96. The summed E-state index contributed by atoms with van der Waals surface area (Å²) >= 11 is 0. The Morgan fingerprint density at radius 1 is 1.23 bits per heavy atom. The van der Waals surface area contributed by atoms with E-state index in [1.807, 2.05) is 0 Å². The van der Waals surface area contributed by atoms with Gasteiger partial charge in [-0.15, -0.1) is 0 Å². The van der Waals surface area contributed by atoms with E-state index in [2.05, 4.69) is 0 Å². The lowest BCUT2D eigenvalue weighted by Gasteiger charge is -2.12. The van der Waals surface area contributed by atoms with Crippen molar-refractivity contribution in [2.24, 2.45) is 0 Å². The summed E-state index contributed by atoms with van der Waals surface area (Å²) in [7, 11) is -0.166. The van der Waals surface area contributed by atoms with E-state index in [1.54, 1.807) is 13.8 Å². The summed E-state index contributed by atoms with van der Waals surface area (Å²) in [5.74, 6) is -1.42. The van der Waals surface area contributed by atoms with Gasteiger partial charge in [0.1, 0.15) is 0 Å². The summed E-state index contributed by atoms with van der Waals surface area (Å²) in [5.41, 5.74) is 0.797. The number of ether oxygens (including phenoxy) is 1. The molecule has 0 aliphatic heterocycles. The van der Waals surface area contributed by atoms with Crippen LogP contribution in [0.4, 0.5) is 8.78 Å². The summed E-state index contributed by atoms with van der Waals surface area (Å²) in [5, 5.41) is 0. The molecule has 4 heteroatoms. The van der Waals surface area contributed by atoms with Crippen molar-refractivity contribution in [3.05, 3.63) is 23.8 Å². The van der Waals surface area contributed by atoms with Crippen molar-refractivity contribution in [2.75, 3.05) is 0 Å². The second kappa shape index (κ2) is 3.77. The van der Waals surface area contributed by atoms with Gasteiger partial charge in [0.2, 0.25) is 0 Å². The first-order valence-corrected chi connectivity index (χ1v) is 3.63. The molecule has 0 aromatic heterocycles. The van der Waals surface area contributed by atoms with Crippen LogP contribution in [-0.4, -0.2) is 14.0 Å². The maximum atomic E-state index is 13.1. The monoisotopic (exact) mass is 185 g/mol. The van der Waals surface area contributed by atoms with Gasteiger partial charge in [0, 0.05) is 0 Å². The topological polar surface area (TPSA) is 9.23 Å². The normalized spacial score (nSPS) is 10.6. The minimum atomic E-state index is -0.585. The largest absolute Gasteiger partial charge is 0.485 e. The van der Waals surface area contributed by atoms with Crippen molar-refractivity contribution in [1.29, 1.82) is 0 Å². The first-order valence-electron chi connectivity index (χ1n) is 3.63. The molecule has 0 aliphatic rings. The fraction of sp³-hybridized carbons (Fsp3) is 0.333. The summed E-state index contributed by atoms with van der Waals surface area (Å²) in [6, 6.07) is 2.72. The molecule has 0 saturated carbocycles. The van der Waals surface area contributed by atoms with Crippen molar-refractivity contribution >= 4 is 13.3 Å². The second-order valence-electron chi connectivity index (χ2n) is 2.65. The molecule has 1 aromatic rings. The molecular formula is C9H12BF2O-. The lowest BCUT2D eigenvalue weighted by molar-refractivity contribution is 0.219. The third kappa shape index (κ3) is 2.44. The molecule has 0 bridgehead atoms. The van der Waals surface area contributed by atoms with Crippen molar-refractivity contribution < 1.29 is 13.5 Å². The van der Waals surface area contributed by atoms with Gasteiger partial charge in [0.05, 0.1) is 6.10 Å². The number of hydrogen-bond acceptors (Lipinski definition) is 1. The van der Waals surface area contributed by atoms with E-state index in [4.69, 9.17) is 4.74 Å². The maximum absolute atomic E-state index is 13.1. The lowest BCUT2D eigenvalue weighted by Crippen LogP contribution is -2.12. The zero-order valence-electron chi connectivity index (χ0n) is 6.90. The minimum absolute atomic E-state index is 0.166. The van der Waals surface area contributed by atoms with Gasteiger partial charge in [-0.1, -0.05) is 12.1 Å². The Bertz CT molecular complexity index is 289. The predicted octanol–water partition coefficient (Wildman–Crippen LogP) is 0.743. The molecule has 1 nitrogen and oxygen atoms in total. The molecule has 1 rings (SSSR count). The highest BCUT2D eigenvalue weighted by Gasteiger charge is 2.10. The van der Waals surface area contributed by atoms with E-state index >= 15 is 0 Å². The Morgan fingerprint density at radius 2 is 1.69 bits per heavy atom. The number of hydrogen-bond donors (Lipinski definition) is 0. The standard InChI is InChI=1S/C9H12BF2O/c1-5(2)13-9-7(11)3-6(10)4-8(9)12/h3-5H,1-2,10H3/q-1. The molecule has 0 unspecified atom stereocenters. The van der Waals surface area contributed by atoms with Crippen LogP contribution in [-0.2, 0) is 0 Å². The second-order valence-corrected chi connectivity index (χ2v) is 2.65. The highest BCUT2D eigenvalue weighted by atomic mass is 19.1. The van der Waals surface area contributed by atoms with E-state index in [-0.39, 0.29) is 19.7 Å². The fourth-order valence-corrected chi connectivity index (χ4v) is 0.781. The molecule has 0 radical (unpaired) electrons. The van der Waals surface area contributed by atoms with Crippen LogP contribution >= 0.6 is 0 Å². The Morgan fingerprint density at radius 3 is 2.08 bits per heavy atom. The van der Waals surface area contributed by atoms with Gasteiger partial charge in [-0.25, -0.2) is 14.2 Å². The molecule has 13 heavy (non-hydrogen) atoms. The smallest absolute Gasteiger partial charge is 0.190 e. The maximum Gasteiger partial charge on any atom is 0.190 e. The van der Waals surface area contributed by atoms with Crippen LogP contribution in [0.3, 0.4) is 0 Å². The van der Waals surface area contributed by atoms with Crippen LogP contribution in [0.5, 0.6) is 5.75 Å². The highest BCUT2D eigenvalue weighted by molar-refractivity contribution is 6.32. The fourth-order valence-electron chi connectivity index (χ4n) is 0.781. The van der Waals surface area contributed by atoms with E-state index in [9.17, 15) is 8.78 Å². The Labute approximate surface area is 77.1 Å². The molecule has 0 N–H and O–H groups in total. The van der Waals surface area contributed by atoms with Crippen LogP contribution in [0.2, 0.25) is 0 Å². The molecule has 0 spiro atoms. The summed E-state index contributed by atoms with van der Waals surface area (Å²) < 4.78 is 31.3. The quantitative estimate of drug-likeness (QED) is 0.617. The van der Waals surface area contributed by atoms with Gasteiger partial charge in [-0.3, -0.25) is 0 Å². The number of benzene rings is 1. The van der Waals surface area contributed by atoms with Crippen molar-refractivity contribution in [1.82, 2.24) is 0 Å². The Balaban J connectivity index is 3.06. The first kappa shape index (κ1) is 10.0. The first-order chi connectivity index (χ1) is 6.00. The van der Waals surface area contributed by atoms with Crippen LogP contribution in [0.15, 0.2) is 12.1 Å². The molecule has 0 amide bonds. The van der Waals surface area contributed by atoms with E-state index in [1.165, 1.54) is 12.1 Å². The van der Waals surface area contributed by atoms with Gasteiger partial charge in [0.25, 0.3) is 0 Å². The summed E-state index contributed by atoms with van der Waals surface area (Å²) in [6.07, 6.45) is -0.209. The average Bonchev–Trinajstić information content (AvgIpc) is 1.96. The van der Waals surface area contributed by atoms with Gasteiger partial charge in [-0.2, -0.15) is 0 Å². The van der Waals surface area contributed by atoms with Gasteiger partial charge < -0.3 is 4.74 Å². The van der Waals surface area contributed by atoms with Crippen molar-refractivity contribution in [2.45, 2.75) is 20.0 Å². The molecular weight excluding hydrogens is 173 g/mol. The van der Waals surface area contributed by atoms with E-state index in [0.717, 1.165) is 5.46 Å². The zero-order valence-corrected chi connectivity index (χ0v) is 6.90. The van der Waals surface area contributed by atoms with E-state index < -0.39 is 11.6 Å². The van der Waals surface area contributed by atoms with Crippen LogP contribution in [0.25, 0.3) is 0 Å². The molecule has 1 aromatic carbocycles. The van der Waals surface area contributed by atoms with Crippen molar-refractivity contribution in [3.63, 3.8) is 0 Å². The van der Waals surface area contributed by atoms with Crippen molar-refractivity contribution in [3.8, 4) is 5.75 Å². The minimum Gasteiger partial charge on any atom is -0.485 e. The Hall–Kier alpha value is -1.06. The Kier molecular flexibility index (Phi) is 2.91. The summed E-state index contributed by atoms with van der Waals surface area (Å²) in [6.45, 7) is 3.47. The molecule has 0 fully saturated rings. The SMILES string of the molecule is [BH3-]c1cc(F)c(OC(C)C)c(F)c1. The molecule has 0 aliphatic carbocycles. The van der Waals surface area contributed by atoms with Gasteiger partial charge in [0.15, 0.2) is 17.4 Å². The third-order valence-electron chi connectivity index (χ3n) is 1.21. The van der Waals surface area contributed by atoms with Crippen LogP contribution < -0.4 is 10.2 Å². The van der Waals surface area contributed by atoms with Gasteiger partial charge >= 0.3 is 0 Å². The van der Waals surface area contributed by atoms with Gasteiger partial charge in [-0.05, 0) is 21.7 Å². The average molecular weight is 185 g/mol. The predicted molar refractivity (Wildman–Crippen MR) is 51.7 cm³/mol. The van der Waals surface area contributed by atoms with Crippen LogP contribution in [0, 0.1) is 11.6 Å². The third-order valence-corrected chi connectivity index (χ3v) is 1.21. The molecule has 0 heterocycles. The number of rotatable bonds is 2. The molecule has 0 atom stereocenters.